The molecule has 1 aromatic carbocycles. The number of hydrogen-bond donors (Lipinski definition) is 3. The Labute approximate surface area is 328 Å². The molecule has 57 heavy (non-hydrogen) atoms. The number of halogens is 3. The molecule has 308 valence electrons. The third-order valence-electron chi connectivity index (χ3n) is 12.8. The summed E-state index contributed by atoms with van der Waals surface area (Å²) < 4.78 is 83.4. The SMILES string of the molecule is CC1(S(=O)(=O)NC(=O)C23CC2C=CCCCCCC(NC(=O)OC2CCCC2)C(=O)N2CC4(CCc5c(c(C(F)(F)F)nc6ccccc56)O4)CC2C(=O)N3)CC1. The van der Waals surface area contributed by atoms with Gasteiger partial charge in [0, 0.05) is 23.3 Å². The van der Waals surface area contributed by atoms with Crippen molar-refractivity contribution in [1.82, 2.24) is 25.2 Å². The predicted octanol–water partition coefficient (Wildman–Crippen LogP) is 5.35. The molecule has 5 unspecified atom stereocenters. The predicted molar refractivity (Wildman–Crippen MR) is 200 cm³/mol. The van der Waals surface area contributed by atoms with Gasteiger partial charge in [0.05, 0.1) is 16.8 Å². The Balaban J connectivity index is 1.14. The molecule has 13 nitrogen and oxygen atoms in total. The number of aromatic nitrogens is 1. The smallest absolute Gasteiger partial charge is 0.437 e. The van der Waals surface area contributed by atoms with Crippen molar-refractivity contribution < 1.29 is 50.2 Å². The number of alkyl carbamates (subject to hydrolysis) is 1. The van der Waals surface area contributed by atoms with Crippen LogP contribution in [0.25, 0.3) is 10.9 Å². The van der Waals surface area contributed by atoms with Crippen molar-refractivity contribution >= 4 is 44.7 Å². The Morgan fingerprint density at radius 2 is 1.75 bits per heavy atom. The van der Waals surface area contributed by atoms with Crippen LogP contribution in [0, 0.1) is 5.92 Å². The second-order valence-corrected chi connectivity index (χ2v) is 19.2. The number of rotatable bonds is 5. The van der Waals surface area contributed by atoms with Gasteiger partial charge in [-0.25, -0.2) is 18.2 Å². The second kappa shape index (κ2) is 14.5. The van der Waals surface area contributed by atoms with Crippen LogP contribution in [0.2, 0.25) is 0 Å². The fourth-order valence-corrected chi connectivity index (χ4v) is 10.3. The number of carbonyl (C=O) groups excluding carboxylic acids is 4. The molecule has 0 bridgehead atoms. The minimum atomic E-state index is -4.89. The largest absolute Gasteiger partial charge is 0.483 e. The number of nitrogens with one attached hydrogen (secondary N) is 3. The van der Waals surface area contributed by atoms with E-state index in [9.17, 15) is 40.8 Å². The van der Waals surface area contributed by atoms with Crippen LogP contribution in [-0.2, 0) is 41.7 Å². The van der Waals surface area contributed by atoms with Crippen molar-refractivity contribution in [2.45, 2.75) is 143 Å². The van der Waals surface area contributed by atoms with Gasteiger partial charge in [-0.1, -0.05) is 43.2 Å². The minimum absolute atomic E-state index is 0.105. The average Bonchev–Trinajstić information content (AvgIpc) is 3.95. The maximum absolute atomic E-state index is 14.7. The first-order valence-corrected chi connectivity index (χ1v) is 21.5. The molecule has 4 fully saturated rings. The van der Waals surface area contributed by atoms with Gasteiger partial charge in [0.2, 0.25) is 21.8 Å². The van der Waals surface area contributed by atoms with Crippen LogP contribution < -0.4 is 20.1 Å². The van der Waals surface area contributed by atoms with Crippen LogP contribution in [0.5, 0.6) is 5.75 Å². The van der Waals surface area contributed by atoms with Crippen LogP contribution >= 0.6 is 0 Å². The van der Waals surface area contributed by atoms with Gasteiger partial charge in [0.15, 0.2) is 11.4 Å². The van der Waals surface area contributed by atoms with Crippen molar-refractivity contribution in [3.8, 4) is 5.75 Å². The van der Waals surface area contributed by atoms with Crippen molar-refractivity contribution in [3.63, 3.8) is 0 Å². The molecule has 17 heteroatoms. The van der Waals surface area contributed by atoms with E-state index in [2.05, 4.69) is 20.3 Å². The van der Waals surface area contributed by atoms with Crippen molar-refractivity contribution in [2.24, 2.45) is 5.92 Å². The molecule has 3 aliphatic heterocycles. The number of hydrogen-bond acceptors (Lipinski definition) is 9. The summed E-state index contributed by atoms with van der Waals surface area (Å²) in [7, 11) is -4.08. The van der Waals surface area contributed by atoms with E-state index in [4.69, 9.17) is 9.47 Å². The molecule has 4 heterocycles. The summed E-state index contributed by atoms with van der Waals surface area (Å²) in [6.07, 6.45) is 4.69. The summed E-state index contributed by atoms with van der Waals surface area (Å²) in [6, 6.07) is 3.99. The average molecular weight is 816 g/mol. The number of ether oxygens (including phenoxy) is 2. The molecule has 1 spiro atoms. The van der Waals surface area contributed by atoms with Gasteiger partial charge in [-0.2, -0.15) is 13.2 Å². The standard InChI is InChI=1S/C40H48F3N5O8S/c1-37(19-20-37)57(53,54)47-35(51)39-21-24(39)11-5-3-2-4-6-16-29(45-36(52)55-25-12-7-8-13-25)34(50)48-23-38(22-30(48)33(49)46-39)18-17-27-26-14-9-10-15-28(26)44-32(31(27)56-38)40(41,42)43/h5,9-11,14-15,24-25,29-30H,2-4,6-8,12-13,16-23H2,1H3,(H,45,52)(H,46,49)(H,47,51). The second-order valence-electron chi connectivity index (χ2n) is 17.0. The van der Waals surface area contributed by atoms with E-state index in [1.807, 2.05) is 6.08 Å². The Morgan fingerprint density at radius 1 is 1.02 bits per heavy atom. The highest BCUT2D eigenvalue weighted by Crippen LogP contribution is 2.50. The molecule has 6 aliphatic rings. The molecule has 3 aliphatic carbocycles. The molecule has 0 radical (unpaired) electrons. The van der Waals surface area contributed by atoms with Crippen LogP contribution in [0.3, 0.4) is 0 Å². The quantitative estimate of drug-likeness (QED) is 0.337. The molecule has 8 rings (SSSR count). The molecule has 3 saturated carbocycles. The number of sulfonamides is 1. The first-order valence-electron chi connectivity index (χ1n) is 20.0. The van der Waals surface area contributed by atoms with Crippen molar-refractivity contribution in [2.75, 3.05) is 6.54 Å². The lowest BCUT2D eigenvalue weighted by Crippen LogP contribution is -2.58. The number of benzene rings is 1. The number of alkyl halides is 3. The molecule has 4 amide bonds. The summed E-state index contributed by atoms with van der Waals surface area (Å²) in [4.78, 5) is 61.6. The summed E-state index contributed by atoms with van der Waals surface area (Å²) in [6.45, 7) is 1.25. The Morgan fingerprint density at radius 3 is 2.49 bits per heavy atom. The lowest BCUT2D eigenvalue weighted by molar-refractivity contribution is -0.144. The number of amides is 4. The van der Waals surface area contributed by atoms with Gasteiger partial charge < -0.3 is 25.0 Å². The number of allylic oxidation sites excluding steroid dienone is 1. The highest BCUT2D eigenvalue weighted by molar-refractivity contribution is 7.91. The molecule has 3 N–H and O–H groups in total. The maximum Gasteiger partial charge on any atom is 0.437 e. The third-order valence-corrected chi connectivity index (χ3v) is 15.0. The van der Waals surface area contributed by atoms with Crippen molar-refractivity contribution in [3.05, 3.63) is 47.7 Å². The van der Waals surface area contributed by atoms with E-state index in [0.717, 1.165) is 19.3 Å². The maximum atomic E-state index is 14.7. The summed E-state index contributed by atoms with van der Waals surface area (Å²) in [5, 5.41) is 6.04. The Kier molecular flexibility index (Phi) is 9.99. The zero-order chi connectivity index (χ0) is 40.4. The van der Waals surface area contributed by atoms with Gasteiger partial charge >= 0.3 is 12.3 Å². The van der Waals surface area contributed by atoms with Gasteiger partial charge in [0.1, 0.15) is 29.3 Å². The number of aryl methyl sites for hydroxylation is 1. The van der Waals surface area contributed by atoms with Gasteiger partial charge in [-0.3, -0.25) is 19.1 Å². The number of nitrogens with zero attached hydrogens (tertiary/aromatic N) is 2. The minimum Gasteiger partial charge on any atom is -0.483 e. The first kappa shape index (κ1) is 39.4. The number of para-hydroxylation sites is 1. The fraction of sp³-hybridized carbons (Fsp3) is 0.625. The highest BCUT2D eigenvalue weighted by Gasteiger charge is 2.64. The van der Waals surface area contributed by atoms with E-state index < -0.39 is 85.3 Å². The van der Waals surface area contributed by atoms with Crippen LogP contribution in [0.1, 0.15) is 108 Å². The fourth-order valence-electron chi connectivity index (χ4n) is 9.01. The van der Waals surface area contributed by atoms with E-state index in [1.165, 1.54) is 11.0 Å². The van der Waals surface area contributed by atoms with E-state index in [-0.39, 0.29) is 50.3 Å². The third kappa shape index (κ3) is 7.55. The molecular formula is C40H48F3N5O8S. The molecule has 2 aromatic rings. The monoisotopic (exact) mass is 815 g/mol. The number of carbonyl (C=O) groups is 4. The Bertz CT molecular complexity index is 2120. The van der Waals surface area contributed by atoms with E-state index in [1.54, 1.807) is 31.2 Å². The molecular weight excluding hydrogens is 768 g/mol. The topological polar surface area (TPSA) is 173 Å². The van der Waals surface area contributed by atoms with Crippen LogP contribution in [0.4, 0.5) is 18.0 Å². The first-order chi connectivity index (χ1) is 27.0. The lowest BCUT2D eigenvalue weighted by atomic mass is 9.87. The summed E-state index contributed by atoms with van der Waals surface area (Å²) in [5.41, 5.74) is -3.85. The number of pyridine rings is 1. The van der Waals surface area contributed by atoms with Crippen LogP contribution in [-0.4, -0.2) is 82.7 Å². The summed E-state index contributed by atoms with van der Waals surface area (Å²) >= 11 is 0. The lowest BCUT2D eigenvalue weighted by Gasteiger charge is -2.37. The van der Waals surface area contributed by atoms with Gasteiger partial charge in [-0.05, 0) is 90.0 Å². The molecule has 1 saturated heterocycles. The number of fused-ring (bicyclic) bond motifs is 5. The van der Waals surface area contributed by atoms with Gasteiger partial charge in [-0.15, -0.1) is 0 Å². The van der Waals surface area contributed by atoms with E-state index in [0.29, 0.717) is 55.9 Å². The van der Waals surface area contributed by atoms with Crippen molar-refractivity contribution in [1.29, 1.82) is 0 Å². The molecule has 1 aromatic heterocycles. The summed E-state index contributed by atoms with van der Waals surface area (Å²) in [5.74, 6) is -3.32. The Hall–Kier alpha value is -4.41. The zero-order valence-electron chi connectivity index (χ0n) is 31.8. The zero-order valence-corrected chi connectivity index (χ0v) is 32.6. The van der Waals surface area contributed by atoms with Gasteiger partial charge in [0.25, 0.3) is 5.91 Å². The highest BCUT2D eigenvalue weighted by atomic mass is 32.2. The normalized spacial score (nSPS) is 30.2. The molecule has 5 atom stereocenters. The van der Waals surface area contributed by atoms with Crippen LogP contribution in [0.15, 0.2) is 36.4 Å². The van der Waals surface area contributed by atoms with E-state index >= 15 is 0 Å².